The van der Waals surface area contributed by atoms with Crippen LogP contribution in [0, 0.1) is 0 Å². The van der Waals surface area contributed by atoms with Crippen LogP contribution in [-0.2, 0) is 13.1 Å². The van der Waals surface area contributed by atoms with Crippen molar-refractivity contribution in [3.63, 3.8) is 0 Å². The van der Waals surface area contributed by atoms with Crippen molar-refractivity contribution >= 4 is 11.3 Å². The van der Waals surface area contributed by atoms with E-state index in [1.54, 1.807) is 11.3 Å². The van der Waals surface area contributed by atoms with E-state index in [1.807, 2.05) is 7.05 Å². The zero-order valence-corrected chi connectivity index (χ0v) is 12.5. The van der Waals surface area contributed by atoms with Crippen LogP contribution in [-0.4, -0.2) is 55.1 Å². The summed E-state index contributed by atoms with van der Waals surface area (Å²) >= 11 is 1.75. The molecular formula is C13H24N4S. The maximum atomic E-state index is 4.63. The third-order valence-corrected chi connectivity index (χ3v) is 4.45. The highest BCUT2D eigenvalue weighted by atomic mass is 32.1. The van der Waals surface area contributed by atoms with E-state index in [4.69, 9.17) is 0 Å². The van der Waals surface area contributed by atoms with E-state index < -0.39 is 0 Å². The van der Waals surface area contributed by atoms with Crippen molar-refractivity contribution < 1.29 is 0 Å². The molecule has 4 nitrogen and oxygen atoms in total. The average molecular weight is 268 g/mol. The van der Waals surface area contributed by atoms with Gasteiger partial charge in [0.05, 0.1) is 5.69 Å². The minimum atomic E-state index is 0.727. The van der Waals surface area contributed by atoms with Crippen LogP contribution < -0.4 is 5.32 Å². The minimum absolute atomic E-state index is 0.727. The van der Waals surface area contributed by atoms with Crippen LogP contribution in [0.2, 0.25) is 0 Å². The molecule has 5 heteroatoms. The summed E-state index contributed by atoms with van der Waals surface area (Å²) in [6.07, 6.45) is 2.68. The summed E-state index contributed by atoms with van der Waals surface area (Å²) in [4.78, 5) is 9.50. The van der Waals surface area contributed by atoms with Crippen LogP contribution in [0.5, 0.6) is 0 Å². The number of hydrogen-bond acceptors (Lipinski definition) is 5. The number of rotatable bonds is 6. The molecule has 1 aliphatic rings. The summed E-state index contributed by atoms with van der Waals surface area (Å²) in [7, 11) is 6.39. The molecule has 0 aromatic carbocycles. The summed E-state index contributed by atoms with van der Waals surface area (Å²) in [6, 6.07) is 0.727. The third kappa shape index (κ3) is 3.75. The Bertz CT molecular complexity index is 366. The zero-order valence-electron chi connectivity index (χ0n) is 11.6. The topological polar surface area (TPSA) is 31.4 Å². The number of likely N-dealkylation sites (tertiary alicyclic amines) is 1. The number of aromatic nitrogens is 1. The van der Waals surface area contributed by atoms with Gasteiger partial charge in [0, 0.05) is 31.1 Å². The van der Waals surface area contributed by atoms with Gasteiger partial charge in [-0.1, -0.05) is 0 Å². The zero-order chi connectivity index (χ0) is 13.0. The van der Waals surface area contributed by atoms with E-state index in [0.717, 1.165) is 25.7 Å². The highest BCUT2D eigenvalue weighted by Crippen LogP contribution is 2.17. The molecule has 102 valence electrons. The fourth-order valence-corrected chi connectivity index (χ4v) is 3.36. The van der Waals surface area contributed by atoms with E-state index in [-0.39, 0.29) is 0 Å². The predicted molar refractivity (Wildman–Crippen MR) is 76.9 cm³/mol. The summed E-state index contributed by atoms with van der Waals surface area (Å²) in [6.45, 7) is 4.24. The maximum Gasteiger partial charge on any atom is 0.107 e. The molecule has 0 spiro atoms. The van der Waals surface area contributed by atoms with Crippen molar-refractivity contribution in [1.29, 1.82) is 0 Å². The number of nitrogens with zero attached hydrogens (tertiary/aromatic N) is 3. The van der Waals surface area contributed by atoms with Crippen molar-refractivity contribution in [3.05, 3.63) is 16.1 Å². The van der Waals surface area contributed by atoms with Crippen molar-refractivity contribution in [1.82, 2.24) is 20.1 Å². The summed E-state index contributed by atoms with van der Waals surface area (Å²) in [5, 5.41) is 6.50. The Morgan fingerprint density at radius 1 is 1.61 bits per heavy atom. The molecule has 1 aromatic heterocycles. The first-order valence-electron chi connectivity index (χ1n) is 6.65. The summed E-state index contributed by atoms with van der Waals surface area (Å²) < 4.78 is 0. The number of likely N-dealkylation sites (N-methyl/N-ethyl adjacent to an activating group) is 2. The van der Waals surface area contributed by atoms with Gasteiger partial charge in [-0.05, 0) is 40.5 Å². The Hall–Kier alpha value is -0.490. The molecule has 1 aliphatic heterocycles. The highest BCUT2D eigenvalue weighted by Gasteiger charge is 2.22. The second-order valence-electron chi connectivity index (χ2n) is 5.24. The fraction of sp³-hybridized carbons (Fsp3) is 0.769. The third-order valence-electron chi connectivity index (χ3n) is 3.55. The Morgan fingerprint density at radius 3 is 3.11 bits per heavy atom. The van der Waals surface area contributed by atoms with Gasteiger partial charge in [0.25, 0.3) is 0 Å². The van der Waals surface area contributed by atoms with Crippen molar-refractivity contribution in [2.24, 2.45) is 0 Å². The lowest BCUT2D eigenvalue weighted by molar-refractivity contribution is 0.214. The van der Waals surface area contributed by atoms with Gasteiger partial charge >= 0.3 is 0 Å². The first kappa shape index (κ1) is 13.9. The molecule has 18 heavy (non-hydrogen) atoms. The van der Waals surface area contributed by atoms with Crippen molar-refractivity contribution in [2.45, 2.75) is 32.0 Å². The molecule has 0 amide bonds. The van der Waals surface area contributed by atoms with Crippen LogP contribution >= 0.6 is 11.3 Å². The van der Waals surface area contributed by atoms with Crippen molar-refractivity contribution in [2.75, 3.05) is 34.2 Å². The lowest BCUT2D eigenvalue weighted by Crippen LogP contribution is -2.36. The van der Waals surface area contributed by atoms with E-state index in [2.05, 4.69) is 39.6 Å². The van der Waals surface area contributed by atoms with Crippen LogP contribution in [0.15, 0.2) is 5.38 Å². The molecule has 2 rings (SSSR count). The SMILES string of the molecule is CNCc1nc(CN(C)CC2CCCN2C)cs1. The quantitative estimate of drug-likeness (QED) is 0.845. The number of nitrogens with one attached hydrogen (secondary N) is 1. The van der Waals surface area contributed by atoms with Crippen LogP contribution in [0.4, 0.5) is 0 Å². The predicted octanol–water partition coefficient (Wildman–Crippen LogP) is 1.39. The molecule has 1 saturated heterocycles. The van der Waals surface area contributed by atoms with Gasteiger partial charge in [-0.3, -0.25) is 4.90 Å². The van der Waals surface area contributed by atoms with E-state index >= 15 is 0 Å². The molecule has 0 bridgehead atoms. The van der Waals surface area contributed by atoms with Gasteiger partial charge in [-0.25, -0.2) is 4.98 Å². The molecule has 1 aromatic rings. The van der Waals surface area contributed by atoms with Crippen LogP contribution in [0.1, 0.15) is 23.5 Å². The molecule has 0 radical (unpaired) electrons. The maximum absolute atomic E-state index is 4.63. The van der Waals surface area contributed by atoms with Gasteiger partial charge in [0.1, 0.15) is 5.01 Å². The minimum Gasteiger partial charge on any atom is -0.314 e. The summed E-state index contributed by atoms with van der Waals surface area (Å²) in [5.41, 5.74) is 1.20. The molecule has 1 N–H and O–H groups in total. The molecule has 1 fully saturated rings. The fourth-order valence-electron chi connectivity index (χ4n) is 2.56. The average Bonchev–Trinajstić information content (AvgIpc) is 2.90. The molecular weight excluding hydrogens is 244 g/mol. The smallest absolute Gasteiger partial charge is 0.107 e. The Kier molecular flexibility index (Phi) is 5.12. The summed E-state index contributed by atoms with van der Waals surface area (Å²) in [5.74, 6) is 0. The Morgan fingerprint density at radius 2 is 2.44 bits per heavy atom. The number of thiazole rings is 1. The van der Waals surface area contributed by atoms with E-state index in [0.29, 0.717) is 0 Å². The standard InChI is InChI=1S/C13H24N4S/c1-14-7-13-15-11(10-18-13)8-16(2)9-12-5-4-6-17(12)3/h10,12,14H,4-9H2,1-3H3. The second kappa shape index (κ2) is 6.61. The first-order valence-corrected chi connectivity index (χ1v) is 7.53. The normalized spacial score (nSPS) is 21.0. The number of hydrogen-bond donors (Lipinski definition) is 1. The first-order chi connectivity index (χ1) is 8.69. The van der Waals surface area contributed by atoms with Crippen LogP contribution in [0.25, 0.3) is 0 Å². The van der Waals surface area contributed by atoms with E-state index in [9.17, 15) is 0 Å². The molecule has 1 unspecified atom stereocenters. The van der Waals surface area contributed by atoms with Crippen LogP contribution in [0.3, 0.4) is 0 Å². The monoisotopic (exact) mass is 268 g/mol. The Balaban J connectivity index is 1.80. The highest BCUT2D eigenvalue weighted by molar-refractivity contribution is 7.09. The lowest BCUT2D eigenvalue weighted by atomic mass is 10.2. The molecule has 0 aliphatic carbocycles. The van der Waals surface area contributed by atoms with E-state index in [1.165, 1.54) is 30.1 Å². The molecule has 0 saturated carbocycles. The lowest BCUT2D eigenvalue weighted by Gasteiger charge is -2.25. The molecule has 2 heterocycles. The second-order valence-corrected chi connectivity index (χ2v) is 6.18. The van der Waals surface area contributed by atoms with Gasteiger partial charge in [0.15, 0.2) is 0 Å². The largest absolute Gasteiger partial charge is 0.314 e. The molecule has 1 atom stereocenters. The van der Waals surface area contributed by atoms with Gasteiger partial charge in [-0.2, -0.15) is 0 Å². The van der Waals surface area contributed by atoms with Gasteiger partial charge < -0.3 is 10.2 Å². The van der Waals surface area contributed by atoms with Gasteiger partial charge in [0.2, 0.25) is 0 Å². The Labute approximate surface area is 114 Å². The van der Waals surface area contributed by atoms with Crippen molar-refractivity contribution in [3.8, 4) is 0 Å². The van der Waals surface area contributed by atoms with Gasteiger partial charge in [-0.15, -0.1) is 11.3 Å².